The summed E-state index contributed by atoms with van der Waals surface area (Å²) in [5.41, 5.74) is 2.30. The Morgan fingerprint density at radius 3 is 2.53 bits per heavy atom. The molecule has 0 radical (unpaired) electrons. The molecule has 1 heterocycles. The van der Waals surface area contributed by atoms with Gasteiger partial charge in [0.25, 0.3) is 5.69 Å². The Bertz CT molecular complexity index is 1180. The van der Waals surface area contributed by atoms with Crippen molar-refractivity contribution in [3.8, 4) is 11.3 Å². The number of furan rings is 1. The maximum Gasteiger partial charge on any atom is 0.335 e. The third-order valence-corrected chi connectivity index (χ3v) is 4.37. The molecule has 2 aromatic carbocycles. The highest BCUT2D eigenvalue weighted by Crippen LogP contribution is 2.32. The molecule has 0 fully saturated rings. The van der Waals surface area contributed by atoms with E-state index in [1.54, 1.807) is 38.1 Å². The highest BCUT2D eigenvalue weighted by atomic mass is 16.6. The zero-order valence-corrected chi connectivity index (χ0v) is 16.2. The average molecular weight is 406 g/mol. The highest BCUT2D eigenvalue weighted by Gasteiger charge is 2.18. The fourth-order valence-corrected chi connectivity index (χ4v) is 2.86. The van der Waals surface area contributed by atoms with E-state index < -0.39 is 16.8 Å². The number of hydrogen-bond donors (Lipinski definition) is 2. The molecular formula is C22H18N2O6. The summed E-state index contributed by atoms with van der Waals surface area (Å²) in [5, 5.41) is 23.0. The van der Waals surface area contributed by atoms with Crippen LogP contribution in [0, 0.1) is 24.0 Å². The molecule has 0 unspecified atom stereocenters. The van der Waals surface area contributed by atoms with Crippen LogP contribution in [0.3, 0.4) is 0 Å². The number of carboxylic acid groups (broad SMARTS) is 1. The molecule has 1 amide bonds. The Balaban J connectivity index is 1.74. The van der Waals surface area contributed by atoms with E-state index in [1.165, 1.54) is 36.4 Å². The van der Waals surface area contributed by atoms with Crippen molar-refractivity contribution in [2.45, 2.75) is 13.8 Å². The summed E-state index contributed by atoms with van der Waals surface area (Å²) in [6.07, 6.45) is 2.70. The van der Waals surface area contributed by atoms with Crippen LogP contribution in [0.25, 0.3) is 17.4 Å². The molecule has 152 valence electrons. The quantitative estimate of drug-likeness (QED) is 0.344. The lowest BCUT2D eigenvalue weighted by Gasteiger charge is -2.07. The number of nitro groups is 1. The Kier molecular flexibility index (Phi) is 5.78. The minimum absolute atomic E-state index is 0.0575. The molecule has 0 aliphatic heterocycles. The summed E-state index contributed by atoms with van der Waals surface area (Å²) in [4.78, 5) is 34.0. The molecule has 0 saturated carbocycles. The van der Waals surface area contributed by atoms with Gasteiger partial charge < -0.3 is 14.8 Å². The number of nitrogens with zero attached hydrogens (tertiary/aromatic N) is 1. The molecule has 0 aliphatic carbocycles. The van der Waals surface area contributed by atoms with Crippen molar-refractivity contribution in [3.63, 3.8) is 0 Å². The monoisotopic (exact) mass is 406 g/mol. The summed E-state index contributed by atoms with van der Waals surface area (Å²) in [6, 6.07) is 12.4. The first-order valence-corrected chi connectivity index (χ1v) is 8.93. The molecule has 3 aromatic rings. The zero-order chi connectivity index (χ0) is 21.8. The van der Waals surface area contributed by atoms with Crippen LogP contribution in [0.1, 0.15) is 27.2 Å². The van der Waals surface area contributed by atoms with Gasteiger partial charge in [-0.15, -0.1) is 0 Å². The molecule has 0 spiro atoms. The van der Waals surface area contributed by atoms with E-state index in [9.17, 15) is 19.7 Å². The fraction of sp³-hybridized carbons (Fsp3) is 0.0909. The van der Waals surface area contributed by atoms with Crippen molar-refractivity contribution in [1.29, 1.82) is 0 Å². The molecule has 0 atom stereocenters. The van der Waals surface area contributed by atoms with Crippen LogP contribution in [-0.2, 0) is 4.79 Å². The largest absolute Gasteiger partial charge is 0.478 e. The lowest BCUT2D eigenvalue weighted by atomic mass is 10.1. The van der Waals surface area contributed by atoms with Gasteiger partial charge in [0, 0.05) is 17.8 Å². The van der Waals surface area contributed by atoms with Crippen LogP contribution in [0.15, 0.2) is 59.0 Å². The number of carbonyl (C=O) groups excluding carboxylic acids is 1. The first-order chi connectivity index (χ1) is 14.2. The lowest BCUT2D eigenvalue weighted by molar-refractivity contribution is -0.384. The fourth-order valence-electron chi connectivity index (χ4n) is 2.86. The number of carbonyl (C=O) groups is 2. The second-order valence-electron chi connectivity index (χ2n) is 6.64. The molecule has 0 bridgehead atoms. The van der Waals surface area contributed by atoms with E-state index in [2.05, 4.69) is 5.32 Å². The van der Waals surface area contributed by atoms with Crippen molar-refractivity contribution < 1.29 is 24.0 Å². The molecule has 30 heavy (non-hydrogen) atoms. The molecule has 2 N–H and O–H groups in total. The maximum atomic E-state index is 12.2. The van der Waals surface area contributed by atoms with Gasteiger partial charge in [0.05, 0.1) is 16.1 Å². The molecule has 8 heteroatoms. The van der Waals surface area contributed by atoms with E-state index in [0.29, 0.717) is 28.3 Å². The number of carboxylic acids is 1. The van der Waals surface area contributed by atoms with Gasteiger partial charge in [-0.2, -0.15) is 0 Å². The number of benzene rings is 2. The third-order valence-electron chi connectivity index (χ3n) is 4.37. The number of amides is 1. The highest BCUT2D eigenvalue weighted by molar-refractivity contribution is 6.02. The Morgan fingerprint density at radius 1 is 1.10 bits per heavy atom. The predicted molar refractivity (Wildman–Crippen MR) is 111 cm³/mol. The number of aromatic carboxylic acids is 1. The van der Waals surface area contributed by atoms with Crippen LogP contribution in [-0.4, -0.2) is 21.9 Å². The second kappa shape index (κ2) is 8.44. The summed E-state index contributed by atoms with van der Waals surface area (Å²) < 4.78 is 5.63. The van der Waals surface area contributed by atoms with Crippen molar-refractivity contribution >= 4 is 29.3 Å². The standard InChI is InChI=1S/C22H18N2O6/c1-13-3-7-17(19(11-13)24(28)29)20-9-5-16(30-20)6-10-21(25)23-18-8-4-15(22(26)27)12-14(18)2/h3-12H,1-2H3,(H,23,25)(H,26,27)/b10-6+. The van der Waals surface area contributed by atoms with Gasteiger partial charge in [-0.1, -0.05) is 6.07 Å². The molecule has 8 nitrogen and oxygen atoms in total. The maximum absolute atomic E-state index is 12.2. The topological polar surface area (TPSA) is 123 Å². The van der Waals surface area contributed by atoms with Gasteiger partial charge >= 0.3 is 5.97 Å². The summed E-state index contributed by atoms with van der Waals surface area (Å²) >= 11 is 0. The minimum atomic E-state index is -1.04. The Labute approximate surface area is 171 Å². The number of hydrogen-bond acceptors (Lipinski definition) is 5. The molecular weight excluding hydrogens is 388 g/mol. The first-order valence-electron chi connectivity index (χ1n) is 8.93. The van der Waals surface area contributed by atoms with Crippen molar-refractivity contribution in [3.05, 3.63) is 87.2 Å². The summed E-state index contributed by atoms with van der Waals surface area (Å²) in [5.74, 6) is -0.798. The van der Waals surface area contributed by atoms with Gasteiger partial charge in [-0.25, -0.2) is 4.79 Å². The van der Waals surface area contributed by atoms with Gasteiger partial charge in [0.15, 0.2) is 0 Å². The van der Waals surface area contributed by atoms with Crippen molar-refractivity contribution in [2.75, 3.05) is 5.32 Å². The van der Waals surface area contributed by atoms with E-state index in [0.717, 1.165) is 5.56 Å². The SMILES string of the molecule is Cc1ccc(-c2ccc(/C=C/C(=O)Nc3ccc(C(=O)O)cc3C)o2)c([N+](=O)[O-])c1. The number of aryl methyl sites for hydroxylation is 2. The molecule has 3 rings (SSSR count). The van der Waals surface area contributed by atoms with E-state index in [1.807, 2.05) is 0 Å². The van der Waals surface area contributed by atoms with Crippen molar-refractivity contribution in [2.24, 2.45) is 0 Å². The van der Waals surface area contributed by atoms with Crippen LogP contribution in [0.4, 0.5) is 11.4 Å². The van der Waals surface area contributed by atoms with Crippen LogP contribution >= 0.6 is 0 Å². The second-order valence-corrected chi connectivity index (χ2v) is 6.64. The molecule has 0 saturated heterocycles. The summed E-state index contributed by atoms with van der Waals surface area (Å²) in [7, 11) is 0. The third kappa shape index (κ3) is 4.61. The zero-order valence-electron chi connectivity index (χ0n) is 16.2. The van der Waals surface area contributed by atoms with Gasteiger partial charge in [0.2, 0.25) is 5.91 Å². The molecule has 0 aliphatic rings. The smallest absolute Gasteiger partial charge is 0.335 e. The average Bonchev–Trinajstić information content (AvgIpc) is 3.16. The molecule has 1 aromatic heterocycles. The summed E-state index contributed by atoms with van der Waals surface area (Å²) in [6.45, 7) is 3.46. The van der Waals surface area contributed by atoms with Crippen LogP contribution in [0.5, 0.6) is 0 Å². The first kappa shape index (κ1) is 20.5. The lowest BCUT2D eigenvalue weighted by Crippen LogP contribution is -2.09. The number of anilines is 1. The number of nitro benzene ring substituents is 1. The van der Waals surface area contributed by atoms with E-state index in [-0.39, 0.29) is 11.3 Å². The predicted octanol–water partition coefficient (Wildman–Crippen LogP) is 4.82. The number of rotatable bonds is 6. The Morgan fingerprint density at radius 2 is 1.87 bits per heavy atom. The number of nitrogens with one attached hydrogen (secondary N) is 1. The van der Waals surface area contributed by atoms with E-state index >= 15 is 0 Å². The van der Waals surface area contributed by atoms with Crippen molar-refractivity contribution in [1.82, 2.24) is 0 Å². The van der Waals surface area contributed by atoms with E-state index in [4.69, 9.17) is 9.52 Å². The van der Waals surface area contributed by atoms with Crippen LogP contribution < -0.4 is 5.32 Å². The Hall–Kier alpha value is -4.20. The van der Waals surface area contributed by atoms with Gasteiger partial charge in [-0.3, -0.25) is 14.9 Å². The normalized spacial score (nSPS) is 10.9. The minimum Gasteiger partial charge on any atom is -0.478 e. The van der Waals surface area contributed by atoms with Gasteiger partial charge in [-0.05, 0) is 67.4 Å². The van der Waals surface area contributed by atoms with Crippen LogP contribution in [0.2, 0.25) is 0 Å². The van der Waals surface area contributed by atoms with Gasteiger partial charge in [0.1, 0.15) is 11.5 Å².